The Hall–Kier alpha value is -3.09. The molecule has 1 fully saturated rings. The lowest BCUT2D eigenvalue weighted by Crippen LogP contribution is -2.31. The summed E-state index contributed by atoms with van der Waals surface area (Å²) in [6.45, 7) is 5.33. The largest absolute Gasteiger partial charge is 0.465 e. The number of urea groups is 1. The monoisotopic (exact) mass is 342 g/mol. The summed E-state index contributed by atoms with van der Waals surface area (Å²) < 4.78 is 10.8. The molecule has 0 spiro atoms. The quantitative estimate of drug-likeness (QED) is 0.504. The molecule has 1 aromatic carbocycles. The van der Waals surface area contributed by atoms with Crippen LogP contribution in [0.4, 0.5) is 4.79 Å². The predicted molar refractivity (Wildman–Crippen MR) is 88.5 cm³/mol. The molecule has 0 radical (unpaired) electrons. The number of carbonyl (C=O) groups excluding carboxylic acids is 3. The number of aryl methyl sites for hydroxylation is 2. The maximum atomic E-state index is 12.3. The number of esters is 1. The second-order valence-corrected chi connectivity index (χ2v) is 5.97. The van der Waals surface area contributed by atoms with Crippen LogP contribution in [-0.2, 0) is 11.2 Å². The third kappa shape index (κ3) is 3.40. The van der Waals surface area contributed by atoms with E-state index in [2.05, 4.69) is 10.6 Å². The lowest BCUT2D eigenvalue weighted by molar-refractivity contribution is -0.120. The standard InChI is InChI=1S/C18H18N2O5/c1-9-10(2)24-11(3)15(9)17(22)25-13-6-4-12(5-7-13)8-14-16(21)20-18(23)19-14/h4-7,14H,8H2,1-3H3,(H2,19,20,21,23)/t14-/m1/s1. The van der Waals surface area contributed by atoms with Crippen LogP contribution in [0.15, 0.2) is 28.7 Å². The van der Waals surface area contributed by atoms with E-state index in [4.69, 9.17) is 9.15 Å². The van der Waals surface area contributed by atoms with E-state index in [-0.39, 0.29) is 5.91 Å². The molecule has 3 amide bonds. The van der Waals surface area contributed by atoms with Gasteiger partial charge in [-0.1, -0.05) is 12.1 Å². The first-order valence-electron chi connectivity index (χ1n) is 7.84. The van der Waals surface area contributed by atoms with Crippen LogP contribution in [0.5, 0.6) is 5.75 Å². The first-order valence-corrected chi connectivity index (χ1v) is 7.84. The third-order valence-electron chi connectivity index (χ3n) is 4.20. The van der Waals surface area contributed by atoms with E-state index in [1.165, 1.54) is 0 Å². The number of ether oxygens (including phenoxy) is 1. The number of hydrogen-bond donors (Lipinski definition) is 2. The van der Waals surface area contributed by atoms with Crippen molar-refractivity contribution < 1.29 is 23.5 Å². The van der Waals surface area contributed by atoms with Crippen LogP contribution >= 0.6 is 0 Å². The van der Waals surface area contributed by atoms with Crippen LogP contribution in [0.25, 0.3) is 0 Å². The van der Waals surface area contributed by atoms with Gasteiger partial charge in [-0.2, -0.15) is 0 Å². The fraction of sp³-hybridized carbons (Fsp3) is 0.278. The van der Waals surface area contributed by atoms with Crippen molar-refractivity contribution in [1.82, 2.24) is 10.6 Å². The Morgan fingerprint density at radius 3 is 2.32 bits per heavy atom. The molecular weight excluding hydrogens is 324 g/mol. The Balaban J connectivity index is 1.67. The number of furan rings is 1. The van der Waals surface area contributed by atoms with Gasteiger partial charge in [0.05, 0.1) is 0 Å². The Morgan fingerprint density at radius 1 is 1.12 bits per heavy atom. The molecule has 1 atom stereocenters. The first kappa shape index (κ1) is 16.8. The smallest absolute Gasteiger partial charge is 0.347 e. The van der Waals surface area contributed by atoms with Crippen molar-refractivity contribution in [2.45, 2.75) is 33.2 Å². The molecule has 1 aromatic heterocycles. The van der Waals surface area contributed by atoms with Gasteiger partial charge in [-0.15, -0.1) is 0 Å². The van der Waals surface area contributed by atoms with Gasteiger partial charge in [0.25, 0.3) is 5.91 Å². The van der Waals surface area contributed by atoms with Gasteiger partial charge in [0.1, 0.15) is 28.9 Å². The van der Waals surface area contributed by atoms with E-state index in [9.17, 15) is 14.4 Å². The highest BCUT2D eigenvalue weighted by molar-refractivity contribution is 6.04. The van der Waals surface area contributed by atoms with Crippen LogP contribution in [-0.4, -0.2) is 23.9 Å². The van der Waals surface area contributed by atoms with Crippen LogP contribution in [0.2, 0.25) is 0 Å². The van der Waals surface area contributed by atoms with Gasteiger partial charge in [-0.05, 0) is 38.5 Å². The summed E-state index contributed by atoms with van der Waals surface area (Å²) >= 11 is 0. The van der Waals surface area contributed by atoms with E-state index in [0.717, 1.165) is 11.1 Å². The second kappa shape index (κ2) is 6.43. The second-order valence-electron chi connectivity index (χ2n) is 5.97. The summed E-state index contributed by atoms with van der Waals surface area (Å²) in [5, 5.41) is 4.73. The van der Waals surface area contributed by atoms with Crippen molar-refractivity contribution in [1.29, 1.82) is 0 Å². The zero-order valence-electron chi connectivity index (χ0n) is 14.1. The molecule has 2 heterocycles. The Kier molecular flexibility index (Phi) is 4.31. The molecular formula is C18H18N2O5. The average Bonchev–Trinajstić information content (AvgIpc) is 2.99. The molecule has 0 aliphatic carbocycles. The van der Waals surface area contributed by atoms with E-state index in [0.29, 0.717) is 29.3 Å². The van der Waals surface area contributed by atoms with Crippen molar-refractivity contribution >= 4 is 17.9 Å². The number of amides is 3. The highest BCUT2D eigenvalue weighted by Crippen LogP contribution is 2.23. The summed E-state index contributed by atoms with van der Waals surface area (Å²) in [4.78, 5) is 35.0. The number of carbonyl (C=O) groups is 3. The van der Waals surface area contributed by atoms with Gasteiger partial charge in [-0.3, -0.25) is 10.1 Å². The van der Waals surface area contributed by atoms with Crippen LogP contribution < -0.4 is 15.4 Å². The number of imide groups is 1. The van der Waals surface area contributed by atoms with E-state index < -0.39 is 18.0 Å². The van der Waals surface area contributed by atoms with Gasteiger partial charge in [0.15, 0.2) is 0 Å². The number of hydrogen-bond acceptors (Lipinski definition) is 5. The SMILES string of the molecule is Cc1oc(C)c(C(=O)Oc2ccc(C[C@H]3NC(=O)NC3=O)cc2)c1C. The first-order chi connectivity index (χ1) is 11.8. The van der Waals surface area contributed by atoms with Crippen LogP contribution in [0.1, 0.15) is 33.0 Å². The maximum absolute atomic E-state index is 12.3. The topological polar surface area (TPSA) is 97.6 Å². The number of benzene rings is 1. The zero-order chi connectivity index (χ0) is 18.1. The molecule has 25 heavy (non-hydrogen) atoms. The Bertz CT molecular complexity index is 851. The van der Waals surface area contributed by atoms with Gasteiger partial charge in [0.2, 0.25) is 0 Å². The zero-order valence-corrected chi connectivity index (χ0v) is 14.1. The molecule has 1 saturated heterocycles. The van der Waals surface area contributed by atoms with Crippen LogP contribution in [0, 0.1) is 20.8 Å². The molecule has 2 aromatic rings. The molecule has 1 aliphatic heterocycles. The summed E-state index contributed by atoms with van der Waals surface area (Å²) in [6.07, 6.45) is 0.366. The fourth-order valence-electron chi connectivity index (χ4n) is 2.78. The normalized spacial score (nSPS) is 16.5. The lowest BCUT2D eigenvalue weighted by Gasteiger charge is -2.08. The lowest BCUT2D eigenvalue weighted by atomic mass is 10.1. The Morgan fingerprint density at radius 2 is 1.80 bits per heavy atom. The van der Waals surface area contributed by atoms with Crippen molar-refractivity contribution in [3.63, 3.8) is 0 Å². The van der Waals surface area contributed by atoms with E-state index in [1.807, 2.05) is 6.92 Å². The molecule has 7 nitrogen and oxygen atoms in total. The van der Waals surface area contributed by atoms with E-state index >= 15 is 0 Å². The van der Waals surface area contributed by atoms with Gasteiger partial charge >= 0.3 is 12.0 Å². The predicted octanol–water partition coefficient (Wildman–Crippen LogP) is 2.17. The van der Waals surface area contributed by atoms with E-state index in [1.54, 1.807) is 38.1 Å². The molecule has 3 rings (SSSR count). The van der Waals surface area contributed by atoms with Crippen molar-refractivity contribution in [2.24, 2.45) is 0 Å². The highest BCUT2D eigenvalue weighted by Gasteiger charge is 2.29. The average molecular weight is 342 g/mol. The minimum Gasteiger partial charge on any atom is -0.465 e. The van der Waals surface area contributed by atoms with Gasteiger partial charge in [-0.25, -0.2) is 9.59 Å². The molecule has 1 aliphatic rings. The minimum absolute atomic E-state index is 0.346. The number of rotatable bonds is 4. The fourth-order valence-corrected chi connectivity index (χ4v) is 2.78. The highest BCUT2D eigenvalue weighted by atomic mass is 16.5. The van der Waals surface area contributed by atoms with Gasteiger partial charge in [0, 0.05) is 12.0 Å². The molecule has 0 unspecified atom stereocenters. The Labute approximate surface area is 144 Å². The molecule has 0 bridgehead atoms. The maximum Gasteiger partial charge on any atom is 0.347 e. The van der Waals surface area contributed by atoms with Crippen molar-refractivity contribution in [3.8, 4) is 5.75 Å². The van der Waals surface area contributed by atoms with Crippen LogP contribution in [0.3, 0.4) is 0 Å². The molecule has 2 N–H and O–H groups in total. The molecule has 0 saturated carbocycles. The van der Waals surface area contributed by atoms with Crippen molar-refractivity contribution in [3.05, 3.63) is 52.5 Å². The summed E-state index contributed by atoms with van der Waals surface area (Å²) in [7, 11) is 0. The third-order valence-corrected chi connectivity index (χ3v) is 4.20. The van der Waals surface area contributed by atoms with Crippen molar-refractivity contribution in [2.75, 3.05) is 0 Å². The summed E-state index contributed by atoms with van der Waals surface area (Å²) in [5.41, 5.74) is 2.04. The molecule has 130 valence electrons. The number of nitrogens with one attached hydrogen (secondary N) is 2. The minimum atomic E-state index is -0.583. The van der Waals surface area contributed by atoms with Gasteiger partial charge < -0.3 is 14.5 Å². The summed E-state index contributed by atoms with van der Waals surface area (Å²) in [6, 6.07) is 5.74. The summed E-state index contributed by atoms with van der Waals surface area (Å²) in [5.74, 6) is 0.798. The molecule has 7 heteroatoms.